The van der Waals surface area contributed by atoms with Crippen LogP contribution in [-0.4, -0.2) is 25.5 Å². The lowest BCUT2D eigenvalue weighted by atomic mass is 10.1. The second kappa shape index (κ2) is 4.07. The van der Waals surface area contributed by atoms with E-state index in [-0.39, 0.29) is 6.04 Å². The van der Waals surface area contributed by atoms with Gasteiger partial charge in [0.05, 0.1) is 6.26 Å². The minimum Gasteiger partial charge on any atom is -0.399 e. The molecule has 1 heterocycles. The van der Waals surface area contributed by atoms with E-state index in [0.717, 1.165) is 18.4 Å². The van der Waals surface area contributed by atoms with Crippen molar-refractivity contribution in [1.29, 1.82) is 0 Å². The molecule has 4 nitrogen and oxygen atoms in total. The molecule has 2 rings (SSSR count). The first-order valence-corrected chi connectivity index (χ1v) is 7.15. The Kier molecular flexibility index (Phi) is 2.90. The molecule has 2 N–H and O–H groups in total. The van der Waals surface area contributed by atoms with Crippen LogP contribution in [0.4, 0.5) is 5.69 Å². The summed E-state index contributed by atoms with van der Waals surface area (Å²) in [6.45, 7) is 0.609. The van der Waals surface area contributed by atoms with Crippen LogP contribution in [0, 0.1) is 0 Å². The van der Waals surface area contributed by atoms with Crippen LogP contribution in [0.15, 0.2) is 24.3 Å². The van der Waals surface area contributed by atoms with Crippen LogP contribution in [0.1, 0.15) is 24.4 Å². The van der Waals surface area contributed by atoms with Crippen molar-refractivity contribution < 1.29 is 8.42 Å². The summed E-state index contributed by atoms with van der Waals surface area (Å²) in [5, 5.41) is 0. The summed E-state index contributed by atoms with van der Waals surface area (Å²) >= 11 is 0. The summed E-state index contributed by atoms with van der Waals surface area (Å²) in [7, 11) is -3.12. The van der Waals surface area contributed by atoms with Crippen LogP contribution >= 0.6 is 0 Å². The molecule has 0 saturated carbocycles. The first kappa shape index (κ1) is 11.4. The minimum atomic E-state index is -3.12. The van der Waals surface area contributed by atoms with Gasteiger partial charge >= 0.3 is 0 Å². The van der Waals surface area contributed by atoms with Crippen molar-refractivity contribution in [3.05, 3.63) is 29.8 Å². The Morgan fingerprint density at radius 2 is 2.19 bits per heavy atom. The maximum Gasteiger partial charge on any atom is 0.211 e. The van der Waals surface area contributed by atoms with Crippen molar-refractivity contribution >= 4 is 15.7 Å². The van der Waals surface area contributed by atoms with Crippen molar-refractivity contribution in [2.75, 3.05) is 18.5 Å². The topological polar surface area (TPSA) is 63.4 Å². The van der Waals surface area contributed by atoms with Gasteiger partial charge in [-0.2, -0.15) is 4.31 Å². The van der Waals surface area contributed by atoms with E-state index in [0.29, 0.717) is 12.2 Å². The zero-order valence-corrected chi connectivity index (χ0v) is 10.1. The summed E-state index contributed by atoms with van der Waals surface area (Å²) < 4.78 is 24.8. The molecular weight excluding hydrogens is 224 g/mol. The number of rotatable bonds is 2. The fraction of sp³-hybridized carbons (Fsp3) is 0.455. The highest BCUT2D eigenvalue weighted by Gasteiger charge is 2.32. The van der Waals surface area contributed by atoms with Crippen LogP contribution in [0.2, 0.25) is 0 Å². The number of anilines is 1. The maximum absolute atomic E-state index is 11.6. The molecule has 1 aliphatic rings. The molecule has 1 unspecified atom stereocenters. The Balaban J connectivity index is 2.34. The largest absolute Gasteiger partial charge is 0.399 e. The number of nitrogen functional groups attached to an aromatic ring is 1. The average Bonchev–Trinajstić information content (AvgIpc) is 2.65. The average molecular weight is 240 g/mol. The third-order valence-corrected chi connectivity index (χ3v) is 4.21. The summed E-state index contributed by atoms with van der Waals surface area (Å²) in [5.74, 6) is 0. The van der Waals surface area contributed by atoms with E-state index in [1.54, 1.807) is 4.31 Å². The quantitative estimate of drug-likeness (QED) is 0.794. The molecule has 5 heteroatoms. The highest BCUT2D eigenvalue weighted by molar-refractivity contribution is 7.88. The Morgan fingerprint density at radius 1 is 1.44 bits per heavy atom. The summed E-state index contributed by atoms with van der Waals surface area (Å²) in [6.07, 6.45) is 3.04. The molecule has 0 spiro atoms. The van der Waals surface area contributed by atoms with Crippen molar-refractivity contribution in [3.63, 3.8) is 0 Å². The lowest BCUT2D eigenvalue weighted by Gasteiger charge is -2.22. The molecule has 0 amide bonds. The van der Waals surface area contributed by atoms with E-state index in [1.807, 2.05) is 24.3 Å². The molecule has 1 atom stereocenters. The lowest BCUT2D eigenvalue weighted by molar-refractivity contribution is 0.400. The van der Waals surface area contributed by atoms with Crippen LogP contribution < -0.4 is 5.73 Å². The number of benzene rings is 1. The Morgan fingerprint density at radius 3 is 2.81 bits per heavy atom. The molecule has 1 aromatic carbocycles. The number of hydrogen-bond donors (Lipinski definition) is 1. The van der Waals surface area contributed by atoms with Crippen LogP contribution in [0.25, 0.3) is 0 Å². The molecule has 1 aliphatic heterocycles. The highest BCUT2D eigenvalue weighted by atomic mass is 32.2. The van der Waals surface area contributed by atoms with Gasteiger partial charge in [-0.1, -0.05) is 12.1 Å². The van der Waals surface area contributed by atoms with Gasteiger partial charge in [-0.05, 0) is 30.5 Å². The maximum atomic E-state index is 11.6. The van der Waals surface area contributed by atoms with Gasteiger partial charge in [0, 0.05) is 18.3 Å². The molecule has 16 heavy (non-hydrogen) atoms. The van der Waals surface area contributed by atoms with Gasteiger partial charge in [0.25, 0.3) is 0 Å². The number of hydrogen-bond acceptors (Lipinski definition) is 3. The van der Waals surface area contributed by atoms with Crippen molar-refractivity contribution in [1.82, 2.24) is 4.31 Å². The molecule has 1 aromatic rings. The molecule has 0 aromatic heterocycles. The summed E-state index contributed by atoms with van der Waals surface area (Å²) in [4.78, 5) is 0. The number of nitrogens with two attached hydrogens (primary N) is 1. The van der Waals surface area contributed by atoms with E-state index < -0.39 is 10.0 Å². The van der Waals surface area contributed by atoms with Crippen molar-refractivity contribution in [3.8, 4) is 0 Å². The summed E-state index contributed by atoms with van der Waals surface area (Å²) in [6, 6.07) is 7.42. The molecule has 0 aliphatic carbocycles. The van der Waals surface area contributed by atoms with Gasteiger partial charge < -0.3 is 5.73 Å². The fourth-order valence-electron chi connectivity index (χ4n) is 2.24. The van der Waals surface area contributed by atoms with Gasteiger partial charge in [0.1, 0.15) is 0 Å². The third-order valence-electron chi connectivity index (χ3n) is 2.93. The Hall–Kier alpha value is -1.07. The first-order valence-electron chi connectivity index (χ1n) is 5.31. The minimum absolute atomic E-state index is 0.0431. The van der Waals surface area contributed by atoms with Crippen molar-refractivity contribution in [2.45, 2.75) is 18.9 Å². The Bertz CT molecular complexity index is 485. The number of nitrogens with zero attached hydrogens (tertiary/aromatic N) is 1. The lowest BCUT2D eigenvalue weighted by Crippen LogP contribution is -2.29. The van der Waals surface area contributed by atoms with Gasteiger partial charge in [-0.3, -0.25) is 0 Å². The fourth-order valence-corrected chi connectivity index (χ4v) is 3.39. The van der Waals surface area contributed by atoms with Crippen LogP contribution in [-0.2, 0) is 10.0 Å². The van der Waals surface area contributed by atoms with Crippen LogP contribution in [0.3, 0.4) is 0 Å². The molecule has 88 valence electrons. The highest BCUT2D eigenvalue weighted by Crippen LogP contribution is 2.34. The van der Waals surface area contributed by atoms with Gasteiger partial charge in [0.15, 0.2) is 0 Å². The zero-order chi connectivity index (χ0) is 11.8. The number of sulfonamides is 1. The van der Waals surface area contributed by atoms with E-state index in [1.165, 1.54) is 6.26 Å². The van der Waals surface area contributed by atoms with Crippen molar-refractivity contribution in [2.24, 2.45) is 0 Å². The van der Waals surface area contributed by atoms with Gasteiger partial charge in [-0.25, -0.2) is 8.42 Å². The normalized spacial score (nSPS) is 22.4. The Labute approximate surface area is 96.1 Å². The molecule has 0 radical (unpaired) electrons. The first-order chi connectivity index (χ1) is 7.48. The SMILES string of the molecule is CS(=O)(=O)N1CCCC1c1cccc(N)c1. The monoisotopic (exact) mass is 240 g/mol. The predicted molar refractivity (Wildman–Crippen MR) is 64.4 cm³/mol. The third kappa shape index (κ3) is 2.20. The molecule has 0 bridgehead atoms. The van der Waals surface area contributed by atoms with Crippen LogP contribution in [0.5, 0.6) is 0 Å². The standard InChI is InChI=1S/C11H16N2O2S/c1-16(14,15)13-7-3-6-11(13)9-4-2-5-10(12)8-9/h2,4-5,8,11H,3,6-7,12H2,1H3. The second-order valence-corrected chi connectivity index (χ2v) is 6.14. The van der Waals surface area contributed by atoms with E-state index in [2.05, 4.69) is 0 Å². The molecular formula is C11H16N2O2S. The van der Waals surface area contributed by atoms with E-state index >= 15 is 0 Å². The van der Waals surface area contributed by atoms with Gasteiger partial charge in [0.2, 0.25) is 10.0 Å². The molecule has 1 saturated heterocycles. The second-order valence-electron chi connectivity index (χ2n) is 4.20. The zero-order valence-electron chi connectivity index (χ0n) is 9.26. The molecule has 1 fully saturated rings. The van der Waals surface area contributed by atoms with E-state index in [9.17, 15) is 8.42 Å². The smallest absolute Gasteiger partial charge is 0.211 e. The van der Waals surface area contributed by atoms with E-state index in [4.69, 9.17) is 5.73 Å². The van der Waals surface area contributed by atoms with Gasteiger partial charge in [-0.15, -0.1) is 0 Å². The predicted octanol–water partition coefficient (Wildman–Crippen LogP) is 1.37. The summed E-state index contributed by atoms with van der Waals surface area (Å²) in [5.41, 5.74) is 7.38.